The minimum Gasteiger partial charge on any atom is -0.407 e. The van der Waals surface area contributed by atoms with Crippen LogP contribution in [0.4, 0.5) is 5.69 Å². The second kappa shape index (κ2) is 2.64. The molecule has 0 fully saturated rings. The number of aryl methyl sites for hydroxylation is 2. The molecule has 1 heterocycles. The van der Waals surface area contributed by atoms with Gasteiger partial charge in [-0.1, -0.05) is 0 Å². The minimum atomic E-state index is -0.354. The van der Waals surface area contributed by atoms with E-state index in [1.807, 2.05) is 13.8 Å². The number of nitrogens with two attached hydrogens (primary N) is 1. The van der Waals surface area contributed by atoms with E-state index in [-0.39, 0.29) is 5.76 Å². The predicted octanol–water partition coefficient (Wildman–Crippen LogP) is 1.33. The summed E-state index contributed by atoms with van der Waals surface area (Å²) in [5.74, 6) is -0.354. The number of hydrogen-bond donors (Lipinski definition) is 1. The van der Waals surface area contributed by atoms with E-state index in [4.69, 9.17) is 10.2 Å². The Balaban J connectivity index is 3.05. The Morgan fingerprint density at radius 3 is 2.64 bits per heavy atom. The lowest BCUT2D eigenvalue weighted by atomic mass is 10.1. The molecule has 1 aromatic carbocycles. The van der Waals surface area contributed by atoms with Crippen LogP contribution < -0.4 is 11.5 Å². The van der Waals surface area contributed by atoms with E-state index in [9.17, 15) is 4.79 Å². The molecule has 2 rings (SSSR count). The highest BCUT2D eigenvalue weighted by atomic mass is 16.4. The summed E-state index contributed by atoms with van der Waals surface area (Å²) < 4.78 is 6.57. The van der Waals surface area contributed by atoms with Gasteiger partial charge < -0.3 is 10.2 Å². The molecule has 0 aliphatic carbocycles. The number of anilines is 1. The Kier molecular flexibility index (Phi) is 1.67. The SMILES string of the molecule is Cc1c(N)cc2c(oc(=O)n2C)c1C. The fourth-order valence-corrected chi connectivity index (χ4v) is 1.53. The first-order chi connectivity index (χ1) is 6.52. The van der Waals surface area contributed by atoms with Crippen LogP contribution in [0.15, 0.2) is 15.3 Å². The van der Waals surface area contributed by atoms with E-state index >= 15 is 0 Å². The van der Waals surface area contributed by atoms with Crippen LogP contribution in [0.5, 0.6) is 0 Å². The third kappa shape index (κ3) is 0.968. The van der Waals surface area contributed by atoms with Gasteiger partial charge in [0.05, 0.1) is 5.52 Å². The van der Waals surface area contributed by atoms with Crippen molar-refractivity contribution in [2.45, 2.75) is 13.8 Å². The van der Waals surface area contributed by atoms with Crippen molar-refractivity contribution in [3.63, 3.8) is 0 Å². The minimum absolute atomic E-state index is 0.354. The predicted molar refractivity (Wildman–Crippen MR) is 55.3 cm³/mol. The monoisotopic (exact) mass is 192 g/mol. The van der Waals surface area contributed by atoms with Crippen LogP contribution >= 0.6 is 0 Å². The van der Waals surface area contributed by atoms with E-state index in [2.05, 4.69) is 0 Å². The Bertz CT molecular complexity index is 563. The maximum absolute atomic E-state index is 11.3. The highest BCUT2D eigenvalue weighted by Crippen LogP contribution is 2.25. The molecule has 0 saturated heterocycles. The molecule has 0 radical (unpaired) electrons. The Hall–Kier alpha value is -1.71. The molecule has 1 aromatic heterocycles. The zero-order valence-corrected chi connectivity index (χ0v) is 8.42. The number of aromatic nitrogens is 1. The van der Waals surface area contributed by atoms with Gasteiger partial charge >= 0.3 is 5.76 Å². The normalized spacial score (nSPS) is 11.1. The Morgan fingerprint density at radius 1 is 1.36 bits per heavy atom. The lowest BCUT2D eigenvalue weighted by Gasteiger charge is -2.04. The molecule has 0 bridgehead atoms. The zero-order valence-electron chi connectivity index (χ0n) is 8.42. The van der Waals surface area contributed by atoms with Crippen LogP contribution in [0.25, 0.3) is 11.1 Å². The average Bonchev–Trinajstić information content (AvgIpc) is 2.42. The van der Waals surface area contributed by atoms with Crippen LogP contribution in [-0.2, 0) is 7.05 Å². The van der Waals surface area contributed by atoms with Gasteiger partial charge in [-0.15, -0.1) is 0 Å². The van der Waals surface area contributed by atoms with E-state index < -0.39 is 0 Å². The van der Waals surface area contributed by atoms with E-state index in [0.29, 0.717) is 11.3 Å². The van der Waals surface area contributed by atoms with Gasteiger partial charge in [0.25, 0.3) is 0 Å². The number of fused-ring (bicyclic) bond motifs is 1. The first kappa shape index (κ1) is 8.87. The maximum atomic E-state index is 11.3. The quantitative estimate of drug-likeness (QED) is 0.640. The van der Waals surface area contributed by atoms with Crippen LogP contribution in [0, 0.1) is 13.8 Å². The summed E-state index contributed by atoms with van der Waals surface area (Å²) in [6, 6.07) is 1.77. The molecule has 0 aliphatic heterocycles. The number of oxazole rings is 1. The summed E-state index contributed by atoms with van der Waals surface area (Å²) in [5, 5.41) is 0. The summed E-state index contributed by atoms with van der Waals surface area (Å²) in [5.41, 5.74) is 9.76. The Labute approximate surface area is 80.9 Å². The second-order valence-corrected chi connectivity index (χ2v) is 3.49. The number of benzene rings is 1. The summed E-state index contributed by atoms with van der Waals surface area (Å²) in [6.45, 7) is 3.81. The number of nitrogen functional groups attached to an aromatic ring is 1. The molecule has 0 spiro atoms. The largest absolute Gasteiger partial charge is 0.419 e. The van der Waals surface area contributed by atoms with Gasteiger partial charge in [0, 0.05) is 12.7 Å². The van der Waals surface area contributed by atoms with Crippen LogP contribution in [-0.4, -0.2) is 4.57 Å². The molecule has 4 heteroatoms. The van der Waals surface area contributed by atoms with Crippen molar-refractivity contribution >= 4 is 16.8 Å². The highest BCUT2D eigenvalue weighted by molar-refractivity contribution is 5.82. The molecule has 0 unspecified atom stereocenters. The first-order valence-corrected chi connectivity index (χ1v) is 4.37. The Morgan fingerprint density at radius 2 is 2.00 bits per heavy atom. The van der Waals surface area contributed by atoms with E-state index in [1.165, 1.54) is 4.57 Å². The van der Waals surface area contributed by atoms with Crippen LogP contribution in [0.2, 0.25) is 0 Å². The van der Waals surface area contributed by atoms with Gasteiger partial charge in [0.1, 0.15) is 0 Å². The average molecular weight is 192 g/mol. The van der Waals surface area contributed by atoms with Crippen molar-refractivity contribution in [2.75, 3.05) is 5.73 Å². The molecular weight excluding hydrogens is 180 g/mol. The van der Waals surface area contributed by atoms with Crippen molar-refractivity contribution < 1.29 is 4.42 Å². The van der Waals surface area contributed by atoms with Gasteiger partial charge in [-0.2, -0.15) is 0 Å². The molecule has 74 valence electrons. The van der Waals surface area contributed by atoms with E-state index in [0.717, 1.165) is 16.6 Å². The van der Waals surface area contributed by atoms with Crippen molar-refractivity contribution in [1.82, 2.24) is 4.57 Å². The zero-order chi connectivity index (χ0) is 10.5. The van der Waals surface area contributed by atoms with Gasteiger partial charge in [0.2, 0.25) is 0 Å². The highest BCUT2D eigenvalue weighted by Gasteiger charge is 2.11. The first-order valence-electron chi connectivity index (χ1n) is 4.37. The number of rotatable bonds is 0. The molecule has 0 saturated carbocycles. The summed E-state index contributed by atoms with van der Waals surface area (Å²) in [6.07, 6.45) is 0. The van der Waals surface area contributed by atoms with Crippen LogP contribution in [0.1, 0.15) is 11.1 Å². The summed E-state index contributed by atoms with van der Waals surface area (Å²) in [7, 11) is 1.67. The van der Waals surface area contributed by atoms with Gasteiger partial charge in [0.15, 0.2) is 5.58 Å². The molecule has 0 aliphatic rings. The molecule has 2 N–H and O–H groups in total. The fraction of sp³-hybridized carbons (Fsp3) is 0.300. The second-order valence-electron chi connectivity index (χ2n) is 3.49. The number of hydrogen-bond acceptors (Lipinski definition) is 3. The standard InChI is InChI=1S/C10H12N2O2/c1-5-6(2)9-8(4-7(5)11)12(3)10(13)14-9/h4H,11H2,1-3H3. The molecule has 2 aromatic rings. The fourth-order valence-electron chi connectivity index (χ4n) is 1.53. The lowest BCUT2D eigenvalue weighted by Crippen LogP contribution is -2.08. The third-order valence-electron chi connectivity index (χ3n) is 2.69. The lowest BCUT2D eigenvalue weighted by molar-refractivity contribution is 0.526. The molecule has 4 nitrogen and oxygen atoms in total. The van der Waals surface area contributed by atoms with Gasteiger partial charge in [-0.05, 0) is 31.0 Å². The molecule has 14 heavy (non-hydrogen) atoms. The van der Waals surface area contributed by atoms with Gasteiger partial charge in [-0.25, -0.2) is 4.79 Å². The number of nitrogens with zero attached hydrogens (tertiary/aromatic N) is 1. The summed E-state index contributed by atoms with van der Waals surface area (Å²) >= 11 is 0. The van der Waals surface area contributed by atoms with Crippen molar-refractivity contribution in [3.05, 3.63) is 27.7 Å². The molecular formula is C10H12N2O2. The maximum Gasteiger partial charge on any atom is 0.419 e. The van der Waals surface area contributed by atoms with Crippen molar-refractivity contribution in [3.8, 4) is 0 Å². The smallest absolute Gasteiger partial charge is 0.407 e. The van der Waals surface area contributed by atoms with Crippen molar-refractivity contribution in [1.29, 1.82) is 0 Å². The van der Waals surface area contributed by atoms with E-state index in [1.54, 1.807) is 13.1 Å². The summed E-state index contributed by atoms with van der Waals surface area (Å²) in [4.78, 5) is 11.3. The van der Waals surface area contributed by atoms with Crippen molar-refractivity contribution in [2.24, 2.45) is 7.05 Å². The molecule has 0 atom stereocenters. The van der Waals surface area contributed by atoms with Gasteiger partial charge in [-0.3, -0.25) is 4.57 Å². The third-order valence-corrected chi connectivity index (χ3v) is 2.69. The topological polar surface area (TPSA) is 61.2 Å². The van der Waals surface area contributed by atoms with Crippen LogP contribution in [0.3, 0.4) is 0 Å². The molecule has 0 amide bonds.